The maximum atomic E-state index is 5.32. The van der Waals surface area contributed by atoms with E-state index in [9.17, 15) is 0 Å². The predicted octanol–water partition coefficient (Wildman–Crippen LogP) is 6.81. The number of hydrogen-bond donors (Lipinski definition) is 5. The van der Waals surface area contributed by atoms with Crippen LogP contribution in [-0.2, 0) is 0 Å². The molecule has 0 amide bonds. The Kier molecular flexibility index (Phi) is 9.74. The summed E-state index contributed by atoms with van der Waals surface area (Å²) >= 11 is 20.0. The van der Waals surface area contributed by atoms with E-state index in [2.05, 4.69) is 17.1 Å². The van der Waals surface area contributed by atoms with Gasteiger partial charge in [-0.3, -0.25) is 4.90 Å². The Labute approximate surface area is 238 Å². The summed E-state index contributed by atoms with van der Waals surface area (Å²) in [7, 11) is 0. The maximum Gasteiger partial charge on any atom is 0.0145 e. The van der Waals surface area contributed by atoms with Crippen LogP contribution in [0.15, 0.2) is 0 Å². The molecule has 5 fully saturated rings. The lowest BCUT2D eigenvalue weighted by molar-refractivity contribution is -0.0514. The average molecular weight is 557 g/mol. The number of likely N-dealkylation sites (tertiary alicyclic amines) is 1. The predicted molar refractivity (Wildman–Crippen MR) is 165 cm³/mol. The van der Waals surface area contributed by atoms with Crippen molar-refractivity contribution in [3.63, 3.8) is 0 Å². The molecule has 1 N–H and O–H groups in total. The summed E-state index contributed by atoms with van der Waals surface area (Å²) in [4.78, 5) is 2.83. The first-order valence-electron chi connectivity index (χ1n) is 15.1. The fourth-order valence-corrected chi connectivity index (χ4v) is 11.4. The second-order valence-corrected chi connectivity index (χ2v) is 16.2. The molecule has 0 aromatic carbocycles. The summed E-state index contributed by atoms with van der Waals surface area (Å²) in [6.45, 7) is 6.14. The molecular weight excluding hydrogens is 505 g/mol. The van der Waals surface area contributed by atoms with Crippen LogP contribution in [-0.4, -0.2) is 57.6 Å². The lowest BCUT2D eigenvalue weighted by Crippen LogP contribution is -2.56. The summed E-state index contributed by atoms with van der Waals surface area (Å²) < 4.78 is 0. The molecule has 1 saturated heterocycles. The zero-order valence-electron chi connectivity index (χ0n) is 22.0. The highest BCUT2D eigenvalue weighted by Gasteiger charge is 2.56. The van der Waals surface area contributed by atoms with Crippen molar-refractivity contribution >= 4 is 50.5 Å². The van der Waals surface area contributed by atoms with Crippen molar-refractivity contribution < 1.29 is 0 Å². The normalized spacial score (nSPS) is 48.1. The highest BCUT2D eigenvalue weighted by Crippen LogP contribution is 2.62. The van der Waals surface area contributed by atoms with Gasteiger partial charge in [0.05, 0.1) is 0 Å². The van der Waals surface area contributed by atoms with Gasteiger partial charge in [0.2, 0.25) is 0 Å². The van der Waals surface area contributed by atoms with Crippen molar-refractivity contribution in [2.75, 3.05) is 19.6 Å². The second kappa shape index (κ2) is 12.2. The monoisotopic (exact) mass is 556 g/mol. The molecule has 5 rings (SSSR count). The van der Waals surface area contributed by atoms with Gasteiger partial charge in [0.15, 0.2) is 0 Å². The third-order valence-electron chi connectivity index (χ3n) is 11.1. The molecular formula is C29H52N2S4. The molecule has 0 aromatic heterocycles. The molecule has 2 nitrogen and oxygen atoms in total. The van der Waals surface area contributed by atoms with Gasteiger partial charge >= 0.3 is 0 Å². The lowest BCUT2D eigenvalue weighted by Gasteiger charge is -2.59. The number of thiol groups is 4. The zero-order valence-corrected chi connectivity index (χ0v) is 25.6. The van der Waals surface area contributed by atoms with Gasteiger partial charge in [0.1, 0.15) is 0 Å². The van der Waals surface area contributed by atoms with Crippen molar-refractivity contribution in [2.45, 2.75) is 130 Å². The molecule has 2 bridgehead atoms. The molecule has 1 heterocycles. The zero-order chi connectivity index (χ0) is 24.6. The third kappa shape index (κ3) is 6.23. The van der Waals surface area contributed by atoms with E-state index in [0.717, 1.165) is 29.7 Å². The van der Waals surface area contributed by atoms with Gasteiger partial charge in [-0.1, -0.05) is 19.8 Å². The van der Waals surface area contributed by atoms with Crippen molar-refractivity contribution in [3.05, 3.63) is 0 Å². The van der Waals surface area contributed by atoms with Crippen LogP contribution in [0, 0.1) is 29.1 Å². The van der Waals surface area contributed by atoms with E-state index in [1.807, 2.05) is 0 Å². The van der Waals surface area contributed by atoms with Crippen LogP contribution in [0.2, 0.25) is 0 Å². The minimum atomic E-state index is 0.484. The van der Waals surface area contributed by atoms with Gasteiger partial charge in [0.25, 0.3) is 0 Å². The topological polar surface area (TPSA) is 15.3 Å². The number of nitrogens with one attached hydrogen (secondary N) is 1. The van der Waals surface area contributed by atoms with Crippen LogP contribution in [0.4, 0.5) is 0 Å². The minimum Gasteiger partial charge on any atom is -0.314 e. The van der Waals surface area contributed by atoms with Gasteiger partial charge in [0, 0.05) is 39.6 Å². The number of nitrogens with zero attached hydrogens (tertiary/aromatic N) is 1. The first-order valence-corrected chi connectivity index (χ1v) is 17.1. The molecule has 4 saturated carbocycles. The number of rotatable bonds is 7. The highest BCUT2D eigenvalue weighted by atomic mass is 32.1. The van der Waals surface area contributed by atoms with Crippen molar-refractivity contribution in [2.24, 2.45) is 29.1 Å². The summed E-state index contributed by atoms with van der Waals surface area (Å²) in [6.07, 6.45) is 18.8. The van der Waals surface area contributed by atoms with E-state index < -0.39 is 0 Å². The second-order valence-electron chi connectivity index (χ2n) is 13.2. The Bertz CT molecular complexity index is 686. The van der Waals surface area contributed by atoms with Gasteiger partial charge in [-0.15, -0.1) is 0 Å². The van der Waals surface area contributed by atoms with Gasteiger partial charge in [-0.25, -0.2) is 0 Å². The summed E-state index contributed by atoms with van der Waals surface area (Å²) in [6, 6.07) is 1.42. The minimum absolute atomic E-state index is 0.484. The first-order chi connectivity index (χ1) is 16.9. The average Bonchev–Trinajstić information content (AvgIpc) is 3.30. The first kappa shape index (κ1) is 27.9. The van der Waals surface area contributed by atoms with Gasteiger partial charge < -0.3 is 5.32 Å². The standard InChI is InChI=1S/C29H52N2S4/c1-2-21(17-30-22-5-3-6-23(32)12-22)29(15-26(35)16-29)27-13-25(34)14-28(20-9-8-19(27)11-20)31-10-4-7-24(33)18-31/h19-28,30,32-35H,2-18H2,1H3. The molecule has 202 valence electrons. The molecule has 4 aliphatic carbocycles. The van der Waals surface area contributed by atoms with Crippen LogP contribution < -0.4 is 5.32 Å². The number of piperidine rings is 1. The van der Waals surface area contributed by atoms with Gasteiger partial charge in [-0.2, -0.15) is 50.5 Å². The van der Waals surface area contributed by atoms with Gasteiger partial charge in [-0.05, 0) is 119 Å². The fourth-order valence-electron chi connectivity index (χ4n) is 9.43. The molecule has 9 atom stereocenters. The van der Waals surface area contributed by atoms with E-state index in [1.165, 1.54) is 110 Å². The van der Waals surface area contributed by atoms with E-state index in [1.54, 1.807) is 0 Å². The smallest absolute Gasteiger partial charge is 0.0145 e. The van der Waals surface area contributed by atoms with Crippen LogP contribution in [0.25, 0.3) is 0 Å². The quantitative estimate of drug-likeness (QED) is 0.221. The Morgan fingerprint density at radius 3 is 2.29 bits per heavy atom. The summed E-state index contributed by atoms with van der Waals surface area (Å²) in [5, 5.41) is 6.37. The van der Waals surface area contributed by atoms with Crippen LogP contribution >= 0.6 is 50.5 Å². The van der Waals surface area contributed by atoms with E-state index in [0.29, 0.717) is 32.5 Å². The SMILES string of the molecule is CCC(CNC1CCCC(S)C1)C1(C2CC(S)CC(N3CCCC(S)C3)C3CCC2C3)CC(S)C1. The fraction of sp³-hybridized carbons (Fsp3) is 1.00. The van der Waals surface area contributed by atoms with Crippen molar-refractivity contribution in [3.8, 4) is 0 Å². The van der Waals surface area contributed by atoms with E-state index >= 15 is 0 Å². The molecule has 5 aliphatic rings. The lowest BCUT2D eigenvalue weighted by atomic mass is 9.50. The van der Waals surface area contributed by atoms with Crippen molar-refractivity contribution in [1.29, 1.82) is 0 Å². The molecule has 0 radical (unpaired) electrons. The summed E-state index contributed by atoms with van der Waals surface area (Å²) in [5.74, 6) is 3.40. The summed E-state index contributed by atoms with van der Waals surface area (Å²) in [5.41, 5.74) is 0.484. The molecule has 0 spiro atoms. The molecule has 0 aromatic rings. The maximum absolute atomic E-state index is 5.32. The Hall–Kier alpha value is 1.32. The van der Waals surface area contributed by atoms with Crippen LogP contribution in [0.3, 0.4) is 0 Å². The number of hydrogen-bond acceptors (Lipinski definition) is 6. The largest absolute Gasteiger partial charge is 0.314 e. The Morgan fingerprint density at radius 1 is 0.800 bits per heavy atom. The highest BCUT2D eigenvalue weighted by molar-refractivity contribution is 7.81. The Morgan fingerprint density at radius 2 is 1.57 bits per heavy atom. The van der Waals surface area contributed by atoms with E-state index in [-0.39, 0.29) is 0 Å². The molecule has 9 unspecified atom stereocenters. The Balaban J connectivity index is 1.29. The molecule has 35 heavy (non-hydrogen) atoms. The van der Waals surface area contributed by atoms with E-state index in [4.69, 9.17) is 50.5 Å². The van der Waals surface area contributed by atoms with Crippen molar-refractivity contribution in [1.82, 2.24) is 10.2 Å². The molecule has 1 aliphatic heterocycles. The molecule has 6 heteroatoms. The van der Waals surface area contributed by atoms with Crippen LogP contribution in [0.1, 0.15) is 96.8 Å². The number of fused-ring (bicyclic) bond motifs is 2. The van der Waals surface area contributed by atoms with Crippen LogP contribution in [0.5, 0.6) is 0 Å². The third-order valence-corrected chi connectivity index (χ3v) is 12.8.